The molecule has 130 valence electrons. The zero-order chi connectivity index (χ0) is 18.3. The first-order valence-electron chi connectivity index (χ1n) is 7.98. The topological polar surface area (TPSA) is 103 Å². The maximum absolute atomic E-state index is 11.5. The molecule has 0 bridgehead atoms. The van der Waals surface area contributed by atoms with E-state index < -0.39 is 5.91 Å². The lowest BCUT2D eigenvalue weighted by atomic mass is 10.0. The van der Waals surface area contributed by atoms with Crippen LogP contribution in [-0.4, -0.2) is 26.6 Å². The molecule has 3 heterocycles. The number of thiol groups is 1. The summed E-state index contributed by atoms with van der Waals surface area (Å²) < 4.78 is 1.55. The normalized spacial score (nSPS) is 14.2. The van der Waals surface area contributed by atoms with E-state index >= 15 is 0 Å². The molecule has 1 aromatic carbocycles. The van der Waals surface area contributed by atoms with Gasteiger partial charge in [-0.3, -0.25) is 9.59 Å². The van der Waals surface area contributed by atoms with E-state index in [2.05, 4.69) is 28.0 Å². The number of amides is 2. The summed E-state index contributed by atoms with van der Waals surface area (Å²) in [6, 6.07) is 7.90. The number of hydrogen-bond donors (Lipinski definition) is 3. The molecule has 2 amide bonds. The molecule has 0 spiro atoms. The van der Waals surface area contributed by atoms with Gasteiger partial charge in [-0.2, -0.15) is 5.10 Å². The highest BCUT2D eigenvalue weighted by Gasteiger charge is 2.16. The van der Waals surface area contributed by atoms with E-state index in [1.165, 1.54) is 6.08 Å². The Hall–Kier alpha value is -3.13. The van der Waals surface area contributed by atoms with E-state index in [1.807, 2.05) is 24.3 Å². The summed E-state index contributed by atoms with van der Waals surface area (Å²) >= 11 is 4.27. The maximum atomic E-state index is 11.5. The molecule has 0 saturated heterocycles. The van der Waals surface area contributed by atoms with Gasteiger partial charge in [0.2, 0.25) is 11.8 Å². The number of benzene rings is 1. The van der Waals surface area contributed by atoms with E-state index in [1.54, 1.807) is 17.1 Å². The van der Waals surface area contributed by atoms with E-state index in [-0.39, 0.29) is 5.91 Å². The van der Waals surface area contributed by atoms with Crippen molar-refractivity contribution in [3.05, 3.63) is 48.3 Å². The van der Waals surface area contributed by atoms with Crippen molar-refractivity contribution in [2.75, 3.05) is 5.32 Å². The predicted molar refractivity (Wildman–Crippen MR) is 102 cm³/mol. The van der Waals surface area contributed by atoms with Crippen LogP contribution >= 0.6 is 12.6 Å². The number of fused-ring (bicyclic) bond motifs is 2. The Morgan fingerprint density at radius 1 is 1.23 bits per heavy atom. The molecule has 0 radical (unpaired) electrons. The van der Waals surface area contributed by atoms with Crippen molar-refractivity contribution < 1.29 is 9.59 Å². The number of hydrogen-bond acceptors (Lipinski definition) is 5. The Bertz CT molecular complexity index is 1090. The summed E-state index contributed by atoms with van der Waals surface area (Å²) in [6.45, 7) is 0. The van der Waals surface area contributed by atoms with Gasteiger partial charge in [-0.15, -0.1) is 12.6 Å². The molecule has 3 N–H and O–H groups in total. The van der Waals surface area contributed by atoms with Crippen LogP contribution in [0.15, 0.2) is 42.7 Å². The molecular weight excluding hydrogens is 350 g/mol. The SMILES string of the molecule is NC(=O)/C=C(\S)n1ncc2cc(-c3cnc4c(c3)CCC(=O)N4)ccc21. The average molecular weight is 365 g/mol. The number of anilines is 1. The fourth-order valence-electron chi connectivity index (χ4n) is 3.00. The fraction of sp³-hybridized carbons (Fsp3) is 0.111. The lowest BCUT2D eigenvalue weighted by Crippen LogP contribution is -2.20. The van der Waals surface area contributed by atoms with Crippen molar-refractivity contribution >= 4 is 46.2 Å². The Labute approximate surface area is 154 Å². The summed E-state index contributed by atoms with van der Waals surface area (Å²) in [5, 5.41) is 8.30. The molecule has 7 nitrogen and oxygen atoms in total. The molecule has 1 aliphatic heterocycles. The third-order valence-corrected chi connectivity index (χ3v) is 4.55. The summed E-state index contributed by atoms with van der Waals surface area (Å²) in [5.41, 5.74) is 8.97. The van der Waals surface area contributed by atoms with Gasteiger partial charge < -0.3 is 11.1 Å². The first-order valence-corrected chi connectivity index (χ1v) is 8.43. The van der Waals surface area contributed by atoms with Crippen LogP contribution in [-0.2, 0) is 16.0 Å². The second-order valence-electron chi connectivity index (χ2n) is 6.01. The number of aromatic nitrogens is 3. The number of nitrogens with zero attached hydrogens (tertiary/aromatic N) is 3. The molecule has 8 heteroatoms. The van der Waals surface area contributed by atoms with Gasteiger partial charge in [-0.1, -0.05) is 6.07 Å². The lowest BCUT2D eigenvalue weighted by molar-refractivity contribution is -0.116. The van der Waals surface area contributed by atoms with Crippen molar-refractivity contribution in [3.63, 3.8) is 0 Å². The molecular formula is C18H15N5O2S. The fourth-order valence-corrected chi connectivity index (χ4v) is 3.28. The van der Waals surface area contributed by atoms with Gasteiger partial charge in [0.25, 0.3) is 0 Å². The second-order valence-corrected chi connectivity index (χ2v) is 6.47. The molecule has 2 aromatic heterocycles. The lowest BCUT2D eigenvalue weighted by Gasteiger charge is -2.16. The molecule has 0 unspecified atom stereocenters. The Morgan fingerprint density at radius 3 is 2.88 bits per heavy atom. The van der Waals surface area contributed by atoms with Gasteiger partial charge >= 0.3 is 0 Å². The number of carbonyl (C=O) groups is 2. The second kappa shape index (κ2) is 6.30. The number of pyridine rings is 1. The highest BCUT2D eigenvalue weighted by Crippen LogP contribution is 2.29. The van der Waals surface area contributed by atoms with Gasteiger partial charge in [-0.05, 0) is 35.7 Å². The highest BCUT2D eigenvalue weighted by molar-refractivity contribution is 7.90. The van der Waals surface area contributed by atoms with Crippen molar-refractivity contribution in [2.24, 2.45) is 5.73 Å². The van der Waals surface area contributed by atoms with Crippen LogP contribution in [0.4, 0.5) is 5.82 Å². The number of nitrogens with one attached hydrogen (secondary N) is 1. The van der Waals surface area contributed by atoms with Gasteiger partial charge in [0.15, 0.2) is 0 Å². The monoisotopic (exact) mass is 365 g/mol. The maximum Gasteiger partial charge on any atom is 0.244 e. The third kappa shape index (κ3) is 2.95. The number of primary amides is 1. The van der Waals surface area contributed by atoms with Crippen LogP contribution in [0.3, 0.4) is 0 Å². The van der Waals surface area contributed by atoms with Crippen molar-refractivity contribution in [1.82, 2.24) is 14.8 Å². The molecule has 0 aliphatic carbocycles. The Morgan fingerprint density at radius 2 is 2.08 bits per heavy atom. The largest absolute Gasteiger partial charge is 0.366 e. The minimum Gasteiger partial charge on any atom is -0.366 e. The van der Waals surface area contributed by atoms with Gasteiger partial charge in [0, 0.05) is 29.6 Å². The van der Waals surface area contributed by atoms with Crippen molar-refractivity contribution in [1.29, 1.82) is 0 Å². The zero-order valence-electron chi connectivity index (χ0n) is 13.6. The van der Waals surface area contributed by atoms with Crippen molar-refractivity contribution in [3.8, 4) is 11.1 Å². The zero-order valence-corrected chi connectivity index (χ0v) is 14.5. The molecule has 4 rings (SSSR count). The van der Waals surface area contributed by atoms with Crippen molar-refractivity contribution in [2.45, 2.75) is 12.8 Å². The Kier molecular flexibility index (Phi) is 3.96. The van der Waals surface area contributed by atoms with Gasteiger partial charge in [0.1, 0.15) is 10.8 Å². The van der Waals surface area contributed by atoms with Crippen LogP contribution in [0.1, 0.15) is 12.0 Å². The molecule has 0 atom stereocenters. The summed E-state index contributed by atoms with van der Waals surface area (Å²) in [7, 11) is 0. The number of nitrogens with two attached hydrogens (primary N) is 1. The van der Waals surface area contributed by atoms with Gasteiger partial charge in [-0.25, -0.2) is 9.67 Å². The van der Waals surface area contributed by atoms with Crippen LogP contribution in [0, 0.1) is 0 Å². The standard InChI is InChI=1S/C18H15N5O2S/c19-15(24)7-17(26)23-14-3-1-10(5-13(14)9-21-23)12-6-11-2-4-16(25)22-18(11)20-8-12/h1,3,5-9,26H,2,4H2,(H2,19,24)(H,20,22,25)/b17-7-. The van der Waals surface area contributed by atoms with Crippen LogP contribution in [0.25, 0.3) is 27.1 Å². The van der Waals surface area contributed by atoms with E-state index in [9.17, 15) is 9.59 Å². The molecule has 3 aromatic rings. The van der Waals surface area contributed by atoms with E-state index in [0.29, 0.717) is 23.7 Å². The summed E-state index contributed by atoms with van der Waals surface area (Å²) in [6.07, 6.45) is 5.82. The smallest absolute Gasteiger partial charge is 0.244 e. The average Bonchev–Trinajstić information content (AvgIpc) is 3.04. The summed E-state index contributed by atoms with van der Waals surface area (Å²) in [4.78, 5) is 26.9. The first kappa shape index (κ1) is 16.3. The number of aryl methyl sites for hydroxylation is 1. The van der Waals surface area contributed by atoms with Crippen LogP contribution in [0.2, 0.25) is 0 Å². The molecule has 0 saturated carbocycles. The molecule has 26 heavy (non-hydrogen) atoms. The van der Waals surface area contributed by atoms with E-state index in [4.69, 9.17) is 5.73 Å². The number of carbonyl (C=O) groups excluding carboxylic acids is 2. The summed E-state index contributed by atoms with van der Waals surface area (Å²) in [5.74, 6) is 0.0517. The first-order chi connectivity index (χ1) is 12.5. The predicted octanol–water partition coefficient (Wildman–Crippen LogP) is 2.20. The van der Waals surface area contributed by atoms with E-state index in [0.717, 1.165) is 27.6 Å². The number of rotatable bonds is 3. The Balaban J connectivity index is 1.73. The van der Waals surface area contributed by atoms with Gasteiger partial charge in [0.05, 0.1) is 11.7 Å². The molecule has 1 aliphatic rings. The highest BCUT2D eigenvalue weighted by atomic mass is 32.1. The molecule has 0 fully saturated rings. The van der Waals surface area contributed by atoms with Crippen LogP contribution < -0.4 is 11.1 Å². The minimum atomic E-state index is -0.581. The van der Waals surface area contributed by atoms with Crippen LogP contribution in [0.5, 0.6) is 0 Å². The quantitative estimate of drug-likeness (QED) is 0.489. The minimum absolute atomic E-state index is 0.00171. The third-order valence-electron chi connectivity index (χ3n) is 4.24.